The van der Waals surface area contributed by atoms with Crippen LogP contribution in [0.2, 0.25) is 0 Å². The van der Waals surface area contributed by atoms with Crippen molar-refractivity contribution in [2.24, 2.45) is 5.10 Å². The maximum absolute atomic E-state index is 13.0. The lowest BCUT2D eigenvalue weighted by atomic mass is 10.1. The van der Waals surface area contributed by atoms with Crippen LogP contribution in [0.4, 0.5) is 5.69 Å². The molecule has 0 saturated heterocycles. The Morgan fingerprint density at radius 2 is 1.55 bits per heavy atom. The van der Waals surface area contributed by atoms with Gasteiger partial charge in [-0.25, -0.2) is 18.6 Å². The number of esters is 1. The minimum absolute atomic E-state index is 0.0233. The van der Waals surface area contributed by atoms with Crippen LogP contribution in [0.3, 0.4) is 0 Å². The smallest absolute Gasteiger partial charge is 0.337 e. The molecule has 4 aromatic carbocycles. The highest BCUT2D eigenvalue weighted by Crippen LogP contribution is 2.22. The average molecular weight is 588 g/mol. The van der Waals surface area contributed by atoms with E-state index >= 15 is 0 Å². The molecular weight excluding hydrogens is 558 g/mol. The SMILES string of the molecule is CCOc1ccc(S(=O)(=O)Nc2ccccc2C(=O)NN=Cc2ccccc2OCc2ccc(C(=O)OC)cc2)cc1. The molecule has 4 rings (SSSR count). The number of carbonyl (C=O) groups excluding carboxylic acids is 2. The van der Waals surface area contributed by atoms with E-state index in [2.05, 4.69) is 15.2 Å². The van der Waals surface area contributed by atoms with Crippen molar-refractivity contribution in [1.82, 2.24) is 5.43 Å². The van der Waals surface area contributed by atoms with Crippen molar-refractivity contribution in [1.29, 1.82) is 0 Å². The first-order valence-corrected chi connectivity index (χ1v) is 14.4. The zero-order chi connectivity index (χ0) is 30.0. The highest BCUT2D eigenvalue weighted by Gasteiger charge is 2.19. The molecule has 0 atom stereocenters. The maximum atomic E-state index is 13.0. The summed E-state index contributed by atoms with van der Waals surface area (Å²) in [5.41, 5.74) is 4.51. The summed E-state index contributed by atoms with van der Waals surface area (Å²) in [5, 5.41) is 4.05. The number of hydrazone groups is 1. The highest BCUT2D eigenvalue weighted by molar-refractivity contribution is 7.92. The van der Waals surface area contributed by atoms with Crippen molar-refractivity contribution in [3.8, 4) is 11.5 Å². The molecule has 0 fully saturated rings. The fourth-order valence-corrected chi connectivity index (χ4v) is 4.89. The summed E-state index contributed by atoms with van der Waals surface area (Å²) in [6.07, 6.45) is 1.43. The van der Waals surface area contributed by atoms with Gasteiger partial charge in [0.25, 0.3) is 15.9 Å². The second kappa shape index (κ2) is 14.0. The van der Waals surface area contributed by atoms with E-state index in [4.69, 9.17) is 14.2 Å². The summed E-state index contributed by atoms with van der Waals surface area (Å²) in [6, 6.07) is 26.2. The van der Waals surface area contributed by atoms with Crippen molar-refractivity contribution >= 4 is 33.8 Å². The molecule has 42 heavy (non-hydrogen) atoms. The van der Waals surface area contributed by atoms with Gasteiger partial charge in [-0.2, -0.15) is 5.10 Å². The Balaban J connectivity index is 1.41. The van der Waals surface area contributed by atoms with Crippen molar-refractivity contribution in [2.45, 2.75) is 18.4 Å². The number of carbonyl (C=O) groups is 2. The van der Waals surface area contributed by atoms with Crippen LogP contribution in [-0.4, -0.2) is 40.2 Å². The standard InChI is InChI=1S/C31H29N3O7S/c1-3-40-25-16-18-26(19-17-25)42(37,38)34-28-10-6-5-9-27(28)30(35)33-32-20-24-8-4-7-11-29(24)41-21-22-12-14-23(15-13-22)31(36)39-2/h4-20,34H,3,21H2,1-2H3,(H,33,35). The van der Waals surface area contributed by atoms with Crippen LogP contribution < -0.4 is 19.6 Å². The lowest BCUT2D eigenvalue weighted by molar-refractivity contribution is 0.0600. The predicted octanol–water partition coefficient (Wildman–Crippen LogP) is 5.02. The van der Waals surface area contributed by atoms with Crippen molar-refractivity contribution in [2.75, 3.05) is 18.4 Å². The van der Waals surface area contributed by atoms with Crippen molar-refractivity contribution in [3.05, 3.63) is 119 Å². The predicted molar refractivity (Wildman–Crippen MR) is 158 cm³/mol. The first kappa shape index (κ1) is 29.8. The van der Waals surface area contributed by atoms with E-state index in [9.17, 15) is 18.0 Å². The van der Waals surface area contributed by atoms with Crippen molar-refractivity contribution in [3.63, 3.8) is 0 Å². The lowest BCUT2D eigenvalue weighted by Crippen LogP contribution is -2.21. The Labute approximate surface area is 244 Å². The second-order valence-corrected chi connectivity index (χ2v) is 10.5. The van der Waals surface area contributed by atoms with Gasteiger partial charge in [0.2, 0.25) is 0 Å². The Kier molecular flexibility index (Phi) is 9.90. The number of para-hydroxylation sites is 2. The molecule has 4 aromatic rings. The molecule has 1 amide bonds. The van der Waals surface area contributed by atoms with Gasteiger partial charge in [-0.3, -0.25) is 9.52 Å². The number of amides is 1. The van der Waals surface area contributed by atoms with Gasteiger partial charge in [0.05, 0.1) is 41.6 Å². The van der Waals surface area contributed by atoms with E-state index < -0.39 is 21.9 Å². The Bertz CT molecular complexity index is 1670. The number of nitrogens with one attached hydrogen (secondary N) is 2. The van der Waals surface area contributed by atoms with Gasteiger partial charge in [-0.15, -0.1) is 0 Å². The molecular formula is C31H29N3O7S. The molecule has 0 aliphatic heterocycles. The Hall–Kier alpha value is -5.16. The Morgan fingerprint density at radius 3 is 2.26 bits per heavy atom. The summed E-state index contributed by atoms with van der Waals surface area (Å²) < 4.78 is 44.4. The van der Waals surface area contributed by atoms with Crippen LogP contribution in [0.15, 0.2) is 107 Å². The summed E-state index contributed by atoms with van der Waals surface area (Å²) in [4.78, 5) is 24.6. The molecule has 10 nitrogen and oxygen atoms in total. The quantitative estimate of drug-likeness (QED) is 0.135. The molecule has 0 radical (unpaired) electrons. The summed E-state index contributed by atoms with van der Waals surface area (Å²) in [6.45, 7) is 2.53. The van der Waals surface area contributed by atoms with E-state index in [1.807, 2.05) is 6.92 Å². The van der Waals surface area contributed by atoms with E-state index in [0.29, 0.717) is 29.2 Å². The third-order valence-electron chi connectivity index (χ3n) is 5.92. The molecule has 0 saturated carbocycles. The number of methoxy groups -OCH3 is 1. The summed E-state index contributed by atoms with van der Waals surface area (Å²) >= 11 is 0. The molecule has 0 unspecified atom stereocenters. The summed E-state index contributed by atoms with van der Waals surface area (Å²) in [5.74, 6) is 0.0468. The van der Waals surface area contributed by atoms with Crippen molar-refractivity contribution < 1.29 is 32.2 Å². The maximum Gasteiger partial charge on any atom is 0.337 e. The number of ether oxygens (including phenoxy) is 3. The van der Waals surface area contributed by atoms with E-state index in [0.717, 1.165) is 5.56 Å². The normalized spacial score (nSPS) is 11.1. The zero-order valence-corrected chi connectivity index (χ0v) is 23.8. The van der Waals surface area contributed by atoms with E-state index in [1.54, 1.807) is 72.8 Å². The topological polar surface area (TPSA) is 132 Å². The van der Waals surface area contributed by atoms with Gasteiger partial charge < -0.3 is 14.2 Å². The monoisotopic (exact) mass is 587 g/mol. The molecule has 0 aliphatic carbocycles. The molecule has 216 valence electrons. The minimum atomic E-state index is -3.97. The largest absolute Gasteiger partial charge is 0.494 e. The molecule has 0 heterocycles. The number of nitrogens with zero attached hydrogens (tertiary/aromatic N) is 1. The molecule has 0 bridgehead atoms. The lowest BCUT2D eigenvalue weighted by Gasteiger charge is -2.12. The molecule has 0 spiro atoms. The second-order valence-electron chi connectivity index (χ2n) is 8.77. The van der Waals surface area contributed by atoms with Gasteiger partial charge in [-0.05, 0) is 73.2 Å². The van der Waals surface area contributed by atoms with Gasteiger partial charge >= 0.3 is 5.97 Å². The molecule has 0 aromatic heterocycles. The third kappa shape index (κ3) is 7.73. The van der Waals surface area contributed by atoms with Gasteiger partial charge in [0.1, 0.15) is 18.1 Å². The third-order valence-corrected chi connectivity index (χ3v) is 7.30. The van der Waals surface area contributed by atoms with E-state index in [-0.39, 0.29) is 22.8 Å². The van der Waals surface area contributed by atoms with Crippen LogP contribution in [0.1, 0.15) is 38.8 Å². The van der Waals surface area contributed by atoms with Crippen LogP contribution in [-0.2, 0) is 21.4 Å². The van der Waals surface area contributed by atoms with Gasteiger partial charge in [-0.1, -0.05) is 36.4 Å². The number of anilines is 1. The number of rotatable bonds is 12. The van der Waals surface area contributed by atoms with Crippen LogP contribution in [0, 0.1) is 0 Å². The average Bonchev–Trinajstić information content (AvgIpc) is 3.01. The number of sulfonamides is 1. The van der Waals surface area contributed by atoms with E-state index in [1.165, 1.54) is 37.6 Å². The first-order valence-electron chi connectivity index (χ1n) is 12.9. The van der Waals surface area contributed by atoms with Gasteiger partial charge in [0.15, 0.2) is 0 Å². The Morgan fingerprint density at radius 1 is 0.857 bits per heavy atom. The fourth-order valence-electron chi connectivity index (χ4n) is 3.81. The van der Waals surface area contributed by atoms with Crippen LogP contribution in [0.25, 0.3) is 0 Å². The molecule has 0 aliphatic rings. The molecule has 2 N–H and O–H groups in total. The molecule has 11 heteroatoms. The highest BCUT2D eigenvalue weighted by atomic mass is 32.2. The van der Waals surface area contributed by atoms with Crippen LogP contribution >= 0.6 is 0 Å². The van der Waals surface area contributed by atoms with Crippen LogP contribution in [0.5, 0.6) is 11.5 Å². The fraction of sp³-hybridized carbons (Fsp3) is 0.129. The number of hydrogen-bond donors (Lipinski definition) is 2. The van der Waals surface area contributed by atoms with Gasteiger partial charge in [0, 0.05) is 5.56 Å². The zero-order valence-electron chi connectivity index (χ0n) is 22.9. The summed E-state index contributed by atoms with van der Waals surface area (Å²) in [7, 11) is -2.65. The number of benzene rings is 4. The first-order chi connectivity index (χ1) is 20.3. The number of hydrogen-bond acceptors (Lipinski definition) is 8. The minimum Gasteiger partial charge on any atom is -0.494 e.